The summed E-state index contributed by atoms with van der Waals surface area (Å²) >= 11 is 6.04. The Kier molecular flexibility index (Phi) is 11.7. The lowest BCUT2D eigenvalue weighted by atomic mass is 10.1. The van der Waals surface area contributed by atoms with Crippen LogP contribution in [0.2, 0.25) is 5.28 Å². The number of fused-ring (bicyclic) bond motifs is 2. The average Bonchev–Trinajstić information content (AvgIpc) is 3.11. The molecule has 5 aromatic carbocycles. The maximum absolute atomic E-state index is 12.5. The molecule has 27 nitrogen and oxygen atoms in total. The molecule has 334 valence electrons. The molecule has 1 aromatic heterocycles. The van der Waals surface area contributed by atoms with E-state index in [9.17, 15) is 82.9 Å². The minimum atomic E-state index is -5.29. The molecular weight excluding hydrogens is 992 g/mol. The number of azo groups is 1. The van der Waals surface area contributed by atoms with Crippen LogP contribution in [0.5, 0.6) is 5.75 Å². The van der Waals surface area contributed by atoms with E-state index in [1.54, 1.807) is 0 Å². The fourth-order valence-electron chi connectivity index (χ4n) is 5.68. The first-order valence-electron chi connectivity index (χ1n) is 15.8. The van der Waals surface area contributed by atoms with Crippen molar-refractivity contribution in [3.05, 3.63) is 65.9 Å². The van der Waals surface area contributed by atoms with Crippen LogP contribution in [-0.4, -0.2) is 97.9 Å². The first-order chi connectivity index (χ1) is 28.7. The van der Waals surface area contributed by atoms with Crippen LogP contribution in [0.3, 0.4) is 0 Å². The van der Waals surface area contributed by atoms with E-state index < -0.39 is 157 Å². The predicted molar refractivity (Wildman–Crippen MR) is 215 cm³/mol. The van der Waals surface area contributed by atoms with Gasteiger partial charge in [-0.2, -0.15) is 65.5 Å². The molecule has 1 heterocycles. The molecule has 63 heavy (non-hydrogen) atoms. The normalized spacial score (nSPS) is 13.2. The zero-order chi connectivity index (χ0) is 47.0. The third kappa shape index (κ3) is 9.88. The minimum Gasteiger partial charge on any atom is -0.507 e. The Morgan fingerprint density at radius 3 is 1.65 bits per heavy atom. The molecule has 6 aromatic rings. The third-order valence-corrected chi connectivity index (χ3v) is 13.6. The molecule has 0 aliphatic rings. The number of phenolic OH excluding ortho intramolecular Hbond substituents is 1. The molecule has 0 atom stereocenters. The molecule has 34 heteroatoms. The number of nitrogens with two attached hydrogens (primary N) is 1. The largest absolute Gasteiger partial charge is 0.507 e. The van der Waals surface area contributed by atoms with Crippen LogP contribution in [0.15, 0.2) is 100 Å². The monoisotopic (exact) mass is 1010 g/mol. The summed E-state index contributed by atoms with van der Waals surface area (Å²) in [5, 5.41) is 19.9. The zero-order valence-corrected chi connectivity index (χ0v) is 35.6. The molecule has 6 rings (SSSR count). The van der Waals surface area contributed by atoms with Gasteiger partial charge in [-0.25, -0.2) is 0 Å². The van der Waals surface area contributed by atoms with Crippen molar-refractivity contribution < 1.29 is 82.9 Å². The van der Waals surface area contributed by atoms with Crippen molar-refractivity contribution in [2.75, 3.05) is 16.4 Å². The van der Waals surface area contributed by atoms with Gasteiger partial charge in [-0.1, -0.05) is 6.07 Å². The Morgan fingerprint density at radius 2 is 1.10 bits per heavy atom. The topological polar surface area (TPSA) is 460 Å². The summed E-state index contributed by atoms with van der Waals surface area (Å²) in [6.45, 7) is 0. The highest BCUT2D eigenvalue weighted by Crippen LogP contribution is 2.44. The van der Waals surface area contributed by atoms with Crippen molar-refractivity contribution in [3.8, 4) is 5.75 Å². The second kappa shape index (κ2) is 15.8. The molecule has 0 aliphatic heterocycles. The van der Waals surface area contributed by atoms with Crippen LogP contribution in [-0.2, 0) is 60.7 Å². The van der Waals surface area contributed by atoms with Crippen molar-refractivity contribution >= 4 is 134 Å². The van der Waals surface area contributed by atoms with E-state index in [1.165, 1.54) is 0 Å². The van der Waals surface area contributed by atoms with Crippen LogP contribution in [0.1, 0.15) is 0 Å². The molecule has 11 N–H and O–H groups in total. The van der Waals surface area contributed by atoms with E-state index in [1.807, 2.05) is 0 Å². The number of nitrogens with one attached hydrogen (secondary N) is 2. The molecule has 0 spiro atoms. The molecule has 0 saturated heterocycles. The van der Waals surface area contributed by atoms with Crippen molar-refractivity contribution in [3.63, 3.8) is 0 Å². The second-order valence-electron chi connectivity index (χ2n) is 12.4. The smallest absolute Gasteiger partial charge is 0.296 e. The summed E-state index contributed by atoms with van der Waals surface area (Å²) in [7, 11) is -31.3. The molecule has 0 amide bonds. The summed E-state index contributed by atoms with van der Waals surface area (Å²) in [6.07, 6.45) is 0. The zero-order valence-electron chi connectivity index (χ0n) is 29.9. The van der Waals surface area contributed by atoms with Crippen LogP contribution in [0.4, 0.5) is 40.3 Å². The number of halogens is 1. The van der Waals surface area contributed by atoms with Crippen LogP contribution in [0.25, 0.3) is 21.5 Å². The number of hydrogen-bond donors (Lipinski definition) is 10. The van der Waals surface area contributed by atoms with Gasteiger partial charge in [0, 0.05) is 22.5 Å². The fraction of sp³-hybridized carbons (Fsp3) is 0. The Labute approximate surface area is 357 Å². The van der Waals surface area contributed by atoms with Crippen molar-refractivity contribution in [1.29, 1.82) is 0 Å². The Balaban J connectivity index is 1.45. The van der Waals surface area contributed by atoms with Crippen LogP contribution >= 0.6 is 11.6 Å². The van der Waals surface area contributed by atoms with Gasteiger partial charge >= 0.3 is 0 Å². The highest BCUT2D eigenvalue weighted by molar-refractivity contribution is 7.87. The van der Waals surface area contributed by atoms with Crippen LogP contribution in [0, 0.1) is 0 Å². The van der Waals surface area contributed by atoms with Gasteiger partial charge in [0.2, 0.25) is 17.2 Å². The van der Waals surface area contributed by atoms with Gasteiger partial charge in [0.1, 0.15) is 36.7 Å². The maximum atomic E-state index is 12.5. The molecule has 0 bridgehead atoms. The molecule has 0 fully saturated rings. The highest BCUT2D eigenvalue weighted by atomic mass is 35.5. The van der Waals surface area contributed by atoms with Gasteiger partial charge in [-0.05, 0) is 65.5 Å². The summed E-state index contributed by atoms with van der Waals surface area (Å²) in [5.41, 5.74) is 2.35. The van der Waals surface area contributed by atoms with Gasteiger partial charge < -0.3 is 21.5 Å². The van der Waals surface area contributed by atoms with Crippen molar-refractivity contribution in [1.82, 2.24) is 15.0 Å². The number of nitrogens with zero attached hydrogens (tertiary/aromatic N) is 5. The number of nitrogen functional groups attached to an aromatic ring is 1. The van der Waals surface area contributed by atoms with E-state index in [0.29, 0.717) is 42.5 Å². The lowest BCUT2D eigenvalue weighted by Gasteiger charge is -2.16. The van der Waals surface area contributed by atoms with Gasteiger partial charge in [-0.15, -0.1) is 10.2 Å². The molecule has 0 saturated carbocycles. The van der Waals surface area contributed by atoms with E-state index >= 15 is 0 Å². The molecular formula is C29H21ClN8O19S6. The number of rotatable bonds is 12. The summed E-state index contributed by atoms with van der Waals surface area (Å²) in [4.78, 5) is 5.00. The SMILES string of the molecule is Nc1c(S(=O)(=O)O)cc2cc(S(=O)(=O)O)cc(O)c2c1N=Nc1ccc(Nc2nc(Cl)nc(Nc3c(S(=O)(=O)O)ccc4c(S(=O)(=O)O)cc(S(=O)(=O)O)cc34)n2)cc1S(=O)(=O)O. The second-order valence-corrected chi connectivity index (χ2v) is 21.1. The number of hydrogen-bond acceptors (Lipinski definition) is 21. The minimum absolute atomic E-state index is 0.317. The number of anilines is 5. The molecule has 0 aliphatic carbocycles. The summed E-state index contributed by atoms with van der Waals surface area (Å²) in [5.74, 6) is -2.33. The maximum Gasteiger partial charge on any atom is 0.296 e. The lowest BCUT2D eigenvalue weighted by Crippen LogP contribution is -2.10. The van der Waals surface area contributed by atoms with Crippen molar-refractivity contribution in [2.24, 2.45) is 10.2 Å². The first kappa shape index (κ1) is 46.7. The Morgan fingerprint density at radius 1 is 0.540 bits per heavy atom. The summed E-state index contributed by atoms with van der Waals surface area (Å²) < 4.78 is 205. The van der Waals surface area contributed by atoms with E-state index in [4.69, 9.17) is 17.3 Å². The van der Waals surface area contributed by atoms with E-state index in [0.717, 1.165) is 18.2 Å². The predicted octanol–water partition coefficient (Wildman–Crippen LogP) is 3.50. The summed E-state index contributed by atoms with van der Waals surface area (Å²) in [6, 6.07) is 6.75. The fourth-order valence-corrected chi connectivity index (χ4v) is 9.67. The quantitative estimate of drug-likeness (QED) is 0.0476. The van der Waals surface area contributed by atoms with Gasteiger partial charge in [-0.3, -0.25) is 27.3 Å². The number of benzene rings is 5. The number of aromatic hydroxyl groups is 1. The Hall–Kier alpha value is -5.82. The number of phenols is 1. The highest BCUT2D eigenvalue weighted by Gasteiger charge is 2.28. The lowest BCUT2D eigenvalue weighted by molar-refractivity contribution is 0.470. The van der Waals surface area contributed by atoms with Gasteiger partial charge in [0.25, 0.3) is 60.7 Å². The number of aromatic nitrogens is 3. The third-order valence-electron chi connectivity index (χ3n) is 8.22. The Bertz CT molecular complexity index is 3730. The van der Waals surface area contributed by atoms with Crippen LogP contribution < -0.4 is 16.4 Å². The van der Waals surface area contributed by atoms with Gasteiger partial charge in [0.05, 0.1) is 26.6 Å². The average molecular weight is 1010 g/mol. The van der Waals surface area contributed by atoms with E-state index in [-0.39, 0.29) is 5.69 Å². The standard InChI is InChI=1S/C29H21ClN8O19S6/c30-27-34-28(36-29(35-27)33-25-16-8-14(59(43,44)45)10-20(61(49,50)51)15(16)2-4-19(25)60(46,47)48)32-12-1-3-17(21(7-12)62(52,53)54)37-38-26-23-11(6-22(24(26)31)63(55,56)57)5-13(9-18(23)39)58(40,41)42/h1-10,39H,31H2,(H,40,41,42)(H,43,44,45)(H,46,47,48)(H,49,50,51)(H,52,53,54)(H,55,56,57)(H2,32,33,34,35,36). The van der Waals surface area contributed by atoms with Gasteiger partial charge in [0.15, 0.2) is 0 Å². The molecule has 0 radical (unpaired) electrons. The molecule has 0 unspecified atom stereocenters. The first-order valence-corrected chi connectivity index (χ1v) is 24.8. The van der Waals surface area contributed by atoms with E-state index in [2.05, 4.69) is 35.8 Å². The van der Waals surface area contributed by atoms with Crippen molar-refractivity contribution in [2.45, 2.75) is 29.4 Å².